The van der Waals surface area contributed by atoms with Gasteiger partial charge in [0.25, 0.3) is 11.6 Å². The van der Waals surface area contributed by atoms with Crippen LogP contribution in [0.1, 0.15) is 43.2 Å². The van der Waals surface area contributed by atoms with Crippen LogP contribution in [-0.2, 0) is 0 Å². The van der Waals surface area contributed by atoms with Gasteiger partial charge >= 0.3 is 0 Å². The van der Waals surface area contributed by atoms with Gasteiger partial charge in [0.2, 0.25) is 0 Å². The molecule has 0 saturated heterocycles. The Hall–Kier alpha value is -1.95. The Bertz CT molecular complexity index is 650. The summed E-state index contributed by atoms with van der Waals surface area (Å²) < 4.78 is 5.05. The van der Waals surface area contributed by atoms with Crippen LogP contribution in [0, 0.1) is 12.8 Å². The summed E-state index contributed by atoms with van der Waals surface area (Å²) in [7, 11) is 0. The van der Waals surface area contributed by atoms with Crippen LogP contribution in [0.4, 0.5) is 0 Å². The van der Waals surface area contributed by atoms with E-state index in [9.17, 15) is 4.79 Å². The van der Waals surface area contributed by atoms with Crippen molar-refractivity contribution in [3.05, 3.63) is 23.5 Å². The lowest BCUT2D eigenvalue weighted by atomic mass is 9.90. The molecule has 0 radical (unpaired) electrons. The molecule has 0 aliphatic carbocycles. The summed E-state index contributed by atoms with van der Waals surface area (Å²) in [5.74, 6) is 0.262. The Kier molecular flexibility index (Phi) is 4.27. The molecule has 3 N–H and O–H groups in total. The van der Waals surface area contributed by atoms with Gasteiger partial charge in [-0.25, -0.2) is 4.98 Å². The number of aromatic nitrogens is 2. The molecule has 6 nitrogen and oxygen atoms in total. The van der Waals surface area contributed by atoms with Crippen molar-refractivity contribution in [1.82, 2.24) is 15.5 Å². The lowest BCUT2D eigenvalue weighted by molar-refractivity contribution is 0.0898. The van der Waals surface area contributed by atoms with Gasteiger partial charge in [-0.05, 0) is 32.3 Å². The summed E-state index contributed by atoms with van der Waals surface area (Å²) in [6.45, 7) is 8.38. The van der Waals surface area contributed by atoms with E-state index >= 15 is 0 Å². The summed E-state index contributed by atoms with van der Waals surface area (Å²) in [5, 5.41) is 7.60. The zero-order valence-electron chi connectivity index (χ0n) is 12.9. The fraction of sp³-hybridized carbons (Fsp3) is 0.533. The van der Waals surface area contributed by atoms with Gasteiger partial charge in [0.1, 0.15) is 0 Å². The largest absolute Gasteiger partial charge is 0.346 e. The number of aryl methyl sites for hydroxylation is 1. The van der Waals surface area contributed by atoms with Crippen molar-refractivity contribution in [3.63, 3.8) is 0 Å². The van der Waals surface area contributed by atoms with Gasteiger partial charge in [-0.2, -0.15) is 0 Å². The number of fused-ring (bicyclic) bond motifs is 1. The van der Waals surface area contributed by atoms with Gasteiger partial charge in [-0.15, -0.1) is 0 Å². The van der Waals surface area contributed by atoms with Crippen molar-refractivity contribution in [2.75, 3.05) is 6.54 Å². The molecule has 0 spiro atoms. The van der Waals surface area contributed by atoms with E-state index in [4.69, 9.17) is 10.3 Å². The van der Waals surface area contributed by atoms with E-state index in [2.05, 4.69) is 29.3 Å². The molecular weight excluding hydrogens is 268 g/mol. The third-order valence-corrected chi connectivity index (χ3v) is 3.50. The lowest BCUT2D eigenvalue weighted by Crippen LogP contribution is -2.52. The number of rotatable bonds is 5. The highest BCUT2D eigenvalue weighted by molar-refractivity contribution is 5.97. The van der Waals surface area contributed by atoms with Gasteiger partial charge in [0.15, 0.2) is 0 Å². The Morgan fingerprint density at radius 2 is 2.24 bits per heavy atom. The van der Waals surface area contributed by atoms with Crippen LogP contribution in [0.2, 0.25) is 0 Å². The second kappa shape index (κ2) is 5.81. The van der Waals surface area contributed by atoms with Gasteiger partial charge in [-0.3, -0.25) is 4.79 Å². The molecule has 0 aliphatic rings. The fourth-order valence-electron chi connectivity index (χ4n) is 2.50. The number of hydrogen-bond donors (Lipinski definition) is 2. The van der Waals surface area contributed by atoms with E-state index in [0.29, 0.717) is 23.7 Å². The quantitative estimate of drug-likeness (QED) is 0.878. The average molecular weight is 290 g/mol. The maximum absolute atomic E-state index is 12.4. The molecule has 1 atom stereocenters. The molecule has 114 valence electrons. The molecule has 2 aromatic rings. The first-order chi connectivity index (χ1) is 9.84. The van der Waals surface area contributed by atoms with Crippen LogP contribution >= 0.6 is 0 Å². The summed E-state index contributed by atoms with van der Waals surface area (Å²) in [5.41, 5.74) is 7.04. The van der Waals surface area contributed by atoms with E-state index < -0.39 is 5.54 Å². The minimum Gasteiger partial charge on any atom is -0.346 e. The van der Waals surface area contributed by atoms with Crippen LogP contribution < -0.4 is 11.1 Å². The SMILES string of the molecule is Cc1noc2ncc(C(=O)NC(C)(CN)CC(C)C)cc12. The van der Waals surface area contributed by atoms with Crippen molar-refractivity contribution >= 4 is 17.0 Å². The maximum Gasteiger partial charge on any atom is 0.257 e. The summed E-state index contributed by atoms with van der Waals surface area (Å²) in [6, 6.07) is 1.75. The predicted octanol–water partition coefficient (Wildman–Crippen LogP) is 2.02. The van der Waals surface area contributed by atoms with Gasteiger partial charge in [0, 0.05) is 18.3 Å². The highest BCUT2D eigenvalue weighted by atomic mass is 16.5. The van der Waals surface area contributed by atoms with Crippen LogP contribution in [0.25, 0.3) is 11.1 Å². The number of hydrogen-bond acceptors (Lipinski definition) is 5. The molecule has 1 unspecified atom stereocenters. The average Bonchev–Trinajstić information content (AvgIpc) is 2.79. The first kappa shape index (κ1) is 15.4. The lowest BCUT2D eigenvalue weighted by Gasteiger charge is -2.31. The van der Waals surface area contributed by atoms with E-state index in [0.717, 1.165) is 17.5 Å². The Morgan fingerprint density at radius 1 is 1.52 bits per heavy atom. The zero-order chi connectivity index (χ0) is 15.6. The molecule has 0 bridgehead atoms. The predicted molar refractivity (Wildman–Crippen MR) is 80.9 cm³/mol. The molecule has 21 heavy (non-hydrogen) atoms. The maximum atomic E-state index is 12.4. The molecule has 0 aromatic carbocycles. The van der Waals surface area contributed by atoms with Crippen molar-refractivity contribution in [2.45, 2.75) is 39.7 Å². The van der Waals surface area contributed by atoms with Crippen molar-refractivity contribution in [1.29, 1.82) is 0 Å². The van der Waals surface area contributed by atoms with E-state index in [1.807, 2.05) is 13.8 Å². The standard InChI is InChI=1S/C15H22N4O2/c1-9(2)6-15(4,8-16)18-13(20)11-5-12-10(3)19-21-14(12)17-7-11/h5,7,9H,6,8,16H2,1-4H3,(H,18,20). The summed E-state index contributed by atoms with van der Waals surface area (Å²) in [6.07, 6.45) is 2.31. The first-order valence-electron chi connectivity index (χ1n) is 7.09. The number of nitrogens with zero attached hydrogens (tertiary/aromatic N) is 2. The molecular formula is C15H22N4O2. The number of amides is 1. The number of carbonyl (C=O) groups excluding carboxylic acids is 1. The number of nitrogens with one attached hydrogen (secondary N) is 1. The number of nitrogens with two attached hydrogens (primary N) is 1. The molecule has 2 aromatic heterocycles. The molecule has 0 aliphatic heterocycles. The molecule has 2 heterocycles. The molecule has 0 saturated carbocycles. The minimum atomic E-state index is -0.427. The monoisotopic (exact) mass is 290 g/mol. The third-order valence-electron chi connectivity index (χ3n) is 3.50. The van der Waals surface area contributed by atoms with Crippen molar-refractivity contribution in [3.8, 4) is 0 Å². The third kappa shape index (κ3) is 3.39. The van der Waals surface area contributed by atoms with E-state index in [-0.39, 0.29) is 5.91 Å². The normalized spacial score (nSPS) is 14.4. The molecule has 2 rings (SSSR count). The smallest absolute Gasteiger partial charge is 0.257 e. The second-order valence-electron chi connectivity index (χ2n) is 6.16. The number of pyridine rings is 1. The van der Waals surface area contributed by atoms with Crippen molar-refractivity contribution in [2.24, 2.45) is 11.7 Å². The molecule has 0 fully saturated rings. The highest BCUT2D eigenvalue weighted by Crippen LogP contribution is 2.19. The Morgan fingerprint density at radius 3 is 2.86 bits per heavy atom. The highest BCUT2D eigenvalue weighted by Gasteiger charge is 2.26. The van der Waals surface area contributed by atoms with Gasteiger partial charge in [-0.1, -0.05) is 19.0 Å². The summed E-state index contributed by atoms with van der Waals surface area (Å²) in [4.78, 5) is 16.5. The van der Waals surface area contributed by atoms with E-state index in [1.165, 1.54) is 6.20 Å². The van der Waals surface area contributed by atoms with Gasteiger partial charge in [0.05, 0.1) is 16.6 Å². The second-order valence-corrected chi connectivity index (χ2v) is 6.16. The fourth-order valence-corrected chi connectivity index (χ4v) is 2.50. The molecule has 1 amide bonds. The molecule has 6 heteroatoms. The van der Waals surface area contributed by atoms with Crippen LogP contribution in [0.3, 0.4) is 0 Å². The van der Waals surface area contributed by atoms with Crippen LogP contribution in [0.5, 0.6) is 0 Å². The summed E-state index contributed by atoms with van der Waals surface area (Å²) >= 11 is 0. The Labute approximate surface area is 124 Å². The van der Waals surface area contributed by atoms with Crippen LogP contribution in [-0.4, -0.2) is 28.1 Å². The number of carbonyl (C=O) groups is 1. The zero-order valence-corrected chi connectivity index (χ0v) is 12.9. The first-order valence-corrected chi connectivity index (χ1v) is 7.09. The topological polar surface area (TPSA) is 94.0 Å². The minimum absolute atomic E-state index is 0.182. The van der Waals surface area contributed by atoms with E-state index in [1.54, 1.807) is 6.07 Å². The van der Waals surface area contributed by atoms with Crippen molar-refractivity contribution < 1.29 is 9.32 Å². The van der Waals surface area contributed by atoms with Gasteiger partial charge < -0.3 is 15.6 Å². The van der Waals surface area contributed by atoms with Crippen LogP contribution in [0.15, 0.2) is 16.8 Å². The Balaban J connectivity index is 2.23.